The lowest BCUT2D eigenvalue weighted by Crippen LogP contribution is -2.38. The Hall–Kier alpha value is -5.14. The molecule has 12 nitrogen and oxygen atoms in total. The molecule has 272 valence electrons. The van der Waals surface area contributed by atoms with Gasteiger partial charge in [-0.05, 0) is 53.8 Å². The lowest BCUT2D eigenvalue weighted by molar-refractivity contribution is -0.120. The second-order valence-electron chi connectivity index (χ2n) is 13.2. The quantitative estimate of drug-likeness (QED) is 0.0578. The smallest absolute Gasteiger partial charge is 0.298 e. The van der Waals surface area contributed by atoms with Gasteiger partial charge in [-0.1, -0.05) is 67.8 Å². The van der Waals surface area contributed by atoms with Gasteiger partial charge in [-0.15, -0.1) is 0 Å². The number of carbonyl (C=O) groups is 2. The second-order valence-corrected chi connectivity index (χ2v) is 13.2. The Kier molecular flexibility index (Phi) is 12.3. The first-order valence-corrected chi connectivity index (χ1v) is 17.8. The molecule has 2 atom stereocenters. The number of benzene rings is 3. The van der Waals surface area contributed by atoms with Gasteiger partial charge in [0.2, 0.25) is 17.4 Å². The lowest BCUT2D eigenvalue weighted by atomic mass is 9.73. The topological polar surface area (TPSA) is 179 Å². The number of hydrogen-bond acceptors (Lipinski definition) is 10. The third kappa shape index (κ3) is 8.83. The van der Waals surface area contributed by atoms with Crippen LogP contribution in [0, 0.1) is 5.92 Å². The predicted octanol–water partition coefficient (Wildman–Crippen LogP) is 4.85. The molecule has 0 radical (unpaired) electrons. The number of pyridine rings is 1. The van der Waals surface area contributed by atoms with Gasteiger partial charge in [0.1, 0.15) is 5.76 Å². The number of aromatic amines is 1. The lowest BCUT2D eigenvalue weighted by Gasteiger charge is -2.36. The summed E-state index contributed by atoms with van der Waals surface area (Å²) < 4.78 is 11.1. The molecular weight excluding hydrogens is 662 g/mol. The summed E-state index contributed by atoms with van der Waals surface area (Å²) >= 11 is 0. The van der Waals surface area contributed by atoms with E-state index in [-0.39, 0.29) is 36.2 Å². The van der Waals surface area contributed by atoms with E-state index in [1.807, 2.05) is 54.6 Å². The van der Waals surface area contributed by atoms with Crippen LogP contribution in [0.3, 0.4) is 0 Å². The molecule has 1 aliphatic carbocycles. The summed E-state index contributed by atoms with van der Waals surface area (Å²) in [5, 5.41) is 32.9. The molecule has 52 heavy (non-hydrogen) atoms. The van der Waals surface area contributed by atoms with E-state index in [4.69, 9.17) is 9.15 Å². The summed E-state index contributed by atoms with van der Waals surface area (Å²) in [5.41, 5.74) is 1.78. The average molecular weight is 708 g/mol. The Morgan fingerprint density at radius 1 is 1.00 bits per heavy atom. The zero-order valence-corrected chi connectivity index (χ0v) is 29.0. The molecule has 0 unspecified atom stereocenters. The fraction of sp³-hybridized carbons (Fsp3) is 0.350. The van der Waals surface area contributed by atoms with Crippen LogP contribution in [0.5, 0.6) is 5.75 Å². The van der Waals surface area contributed by atoms with Gasteiger partial charge in [-0.2, -0.15) is 0 Å². The third-order valence-electron chi connectivity index (χ3n) is 9.70. The van der Waals surface area contributed by atoms with E-state index in [0.29, 0.717) is 66.3 Å². The number of aliphatic hydroxyl groups excluding tert-OH is 1. The van der Waals surface area contributed by atoms with Crippen molar-refractivity contribution in [1.82, 2.24) is 20.6 Å². The summed E-state index contributed by atoms with van der Waals surface area (Å²) in [7, 11) is 0. The molecule has 0 aliphatic heterocycles. The highest BCUT2D eigenvalue weighted by Crippen LogP contribution is 2.43. The maximum absolute atomic E-state index is 12.6. The Labute approximate surface area is 301 Å². The fourth-order valence-electron chi connectivity index (χ4n) is 6.97. The first-order valence-electron chi connectivity index (χ1n) is 17.8. The van der Waals surface area contributed by atoms with Crippen molar-refractivity contribution in [2.45, 2.75) is 63.2 Å². The number of aromatic nitrogens is 2. The summed E-state index contributed by atoms with van der Waals surface area (Å²) in [6.45, 7) is 2.10. The van der Waals surface area contributed by atoms with Crippen molar-refractivity contribution in [2.24, 2.45) is 5.92 Å². The van der Waals surface area contributed by atoms with Crippen molar-refractivity contribution in [3.05, 3.63) is 124 Å². The van der Waals surface area contributed by atoms with Crippen LogP contribution >= 0.6 is 0 Å². The van der Waals surface area contributed by atoms with Gasteiger partial charge in [0.15, 0.2) is 11.4 Å². The van der Waals surface area contributed by atoms with Gasteiger partial charge in [-0.3, -0.25) is 14.4 Å². The molecule has 12 heteroatoms. The van der Waals surface area contributed by atoms with E-state index < -0.39 is 11.7 Å². The summed E-state index contributed by atoms with van der Waals surface area (Å²) in [6.07, 6.45) is 6.91. The van der Waals surface area contributed by atoms with Gasteiger partial charge in [0.25, 0.3) is 6.47 Å². The largest absolute Gasteiger partial charge is 0.442 e. The number of hydrogen-bond donors (Lipinski definition) is 6. The van der Waals surface area contributed by atoms with Crippen molar-refractivity contribution in [2.75, 3.05) is 25.0 Å². The van der Waals surface area contributed by atoms with Crippen LogP contribution < -0.4 is 26.2 Å². The fourth-order valence-corrected chi connectivity index (χ4v) is 6.97. The summed E-state index contributed by atoms with van der Waals surface area (Å²) in [6, 6.07) is 23.3. The molecule has 0 spiro atoms. The first-order chi connectivity index (χ1) is 25.3. The number of nitrogens with zero attached hydrogens (tertiary/aromatic N) is 1. The van der Waals surface area contributed by atoms with Crippen molar-refractivity contribution in [3.8, 4) is 5.75 Å². The highest BCUT2D eigenvalue weighted by molar-refractivity contribution is 5.91. The molecule has 0 saturated heterocycles. The molecule has 1 fully saturated rings. The average Bonchev–Trinajstić information content (AvgIpc) is 3.65. The van der Waals surface area contributed by atoms with Crippen LogP contribution in [0.1, 0.15) is 73.0 Å². The number of rotatable bonds is 17. The van der Waals surface area contributed by atoms with E-state index in [1.54, 1.807) is 18.3 Å². The molecule has 0 bridgehead atoms. The number of nitrogens with one attached hydrogen (secondary N) is 4. The molecule has 1 amide bonds. The Balaban J connectivity index is 0.919. The SMILES string of the molecule is O=COc1ccc([C@@H](O)CNCc2ccc(NC(=O)CCNCCc3cnc([C@](O)(c4ccccc4)C4CCCCC4)o3)cc2)c2ccc(=O)[nH]c12. The predicted molar refractivity (Wildman–Crippen MR) is 197 cm³/mol. The normalized spacial score (nSPS) is 15.2. The van der Waals surface area contributed by atoms with Crippen LogP contribution in [0.15, 0.2) is 94.3 Å². The molecule has 2 aromatic heterocycles. The number of aliphatic hydroxyl groups is 2. The molecular formula is C40H45N5O7. The number of amides is 1. The Morgan fingerprint density at radius 2 is 1.79 bits per heavy atom. The first kappa shape index (κ1) is 36.6. The monoisotopic (exact) mass is 707 g/mol. The van der Waals surface area contributed by atoms with Gasteiger partial charge in [-0.25, -0.2) is 4.98 Å². The third-order valence-corrected chi connectivity index (χ3v) is 9.70. The van der Waals surface area contributed by atoms with Gasteiger partial charge in [0.05, 0.1) is 17.8 Å². The molecule has 5 aromatic rings. The van der Waals surface area contributed by atoms with Crippen LogP contribution in [-0.2, 0) is 28.2 Å². The number of oxazole rings is 1. The van der Waals surface area contributed by atoms with Crippen LogP contribution in [0.4, 0.5) is 5.69 Å². The highest BCUT2D eigenvalue weighted by Gasteiger charge is 2.44. The molecule has 6 N–H and O–H groups in total. The molecule has 3 aromatic carbocycles. The zero-order chi connectivity index (χ0) is 36.3. The Morgan fingerprint density at radius 3 is 2.56 bits per heavy atom. The van der Waals surface area contributed by atoms with Crippen LogP contribution in [-0.4, -0.2) is 52.2 Å². The minimum absolute atomic E-state index is 0.0537. The standard InChI is InChI=1S/C40H45N5O7/c46-26-51-35-17-15-32(33-16-18-36(48)45-38(33)35)34(47)25-42-23-27-11-13-30(14-12-27)44-37(49)20-22-41-21-19-31-24-43-39(52-31)40(50,28-7-3-1-4-8-28)29-9-5-2-6-10-29/h1,3-4,7-8,11-18,24,26,29,34,41-42,47,50H,2,5-6,9-10,19-23,25H2,(H,44,49)(H,45,48)/t34-,40-/m0/s1. The van der Waals surface area contributed by atoms with Gasteiger partial charge in [0, 0.05) is 62.1 Å². The van der Waals surface area contributed by atoms with Crippen molar-refractivity contribution >= 4 is 29.0 Å². The molecule has 1 saturated carbocycles. The van der Waals surface area contributed by atoms with E-state index in [1.165, 1.54) is 18.6 Å². The van der Waals surface area contributed by atoms with E-state index >= 15 is 0 Å². The number of ether oxygens (including phenoxy) is 1. The molecule has 1 aliphatic rings. The zero-order valence-electron chi connectivity index (χ0n) is 29.0. The van der Waals surface area contributed by atoms with E-state index in [2.05, 4.69) is 25.9 Å². The minimum Gasteiger partial charge on any atom is -0.442 e. The highest BCUT2D eigenvalue weighted by atomic mass is 16.5. The van der Waals surface area contributed by atoms with E-state index in [0.717, 1.165) is 36.8 Å². The van der Waals surface area contributed by atoms with Crippen molar-refractivity contribution < 1.29 is 29.0 Å². The maximum atomic E-state index is 12.6. The number of H-pyrrole nitrogens is 1. The minimum atomic E-state index is -1.26. The van der Waals surface area contributed by atoms with Crippen molar-refractivity contribution in [1.29, 1.82) is 0 Å². The number of fused-ring (bicyclic) bond motifs is 1. The molecule has 6 rings (SSSR count). The van der Waals surface area contributed by atoms with E-state index in [9.17, 15) is 24.6 Å². The maximum Gasteiger partial charge on any atom is 0.298 e. The van der Waals surface area contributed by atoms with Crippen LogP contribution in [0.25, 0.3) is 10.9 Å². The number of anilines is 1. The van der Waals surface area contributed by atoms with Gasteiger partial charge >= 0.3 is 0 Å². The second kappa shape index (κ2) is 17.4. The summed E-state index contributed by atoms with van der Waals surface area (Å²) in [4.78, 5) is 42.5. The Bertz CT molecular complexity index is 1990. The van der Waals surface area contributed by atoms with Crippen LogP contribution in [0.2, 0.25) is 0 Å². The number of carbonyl (C=O) groups excluding carboxylic acids is 2. The van der Waals surface area contributed by atoms with Crippen molar-refractivity contribution in [3.63, 3.8) is 0 Å². The van der Waals surface area contributed by atoms with Gasteiger partial charge < -0.3 is 40.3 Å². The summed E-state index contributed by atoms with van der Waals surface area (Å²) in [5.74, 6) is 1.18. The molecule has 2 heterocycles.